The second kappa shape index (κ2) is 5.82. The number of fused-ring (bicyclic) bond motifs is 5. The molecule has 2 fully saturated rings. The molecule has 0 aromatic heterocycles. The Hall–Kier alpha value is -1.38. The predicted octanol–water partition coefficient (Wildman–Crippen LogP) is 4.76. The first-order chi connectivity index (χ1) is 11.9. The third kappa shape index (κ3) is 2.45. The maximum absolute atomic E-state index is 11.9. The Labute approximate surface area is 150 Å². The molecule has 0 bridgehead atoms. The molecule has 0 N–H and O–H groups in total. The molecule has 5 atom stereocenters. The van der Waals surface area contributed by atoms with E-state index < -0.39 is 0 Å². The van der Waals surface area contributed by atoms with Crippen LogP contribution in [0.25, 0.3) is 0 Å². The van der Waals surface area contributed by atoms with Crippen LogP contribution in [0.5, 0.6) is 0 Å². The first-order valence-electron chi connectivity index (χ1n) is 10.0. The third-order valence-corrected chi connectivity index (χ3v) is 7.81. The van der Waals surface area contributed by atoms with E-state index in [2.05, 4.69) is 19.9 Å². The van der Waals surface area contributed by atoms with Crippen molar-refractivity contribution in [1.29, 1.82) is 0 Å². The van der Waals surface area contributed by atoms with Crippen molar-refractivity contribution in [2.75, 3.05) is 0 Å². The maximum atomic E-state index is 11.9. The number of carbonyl (C=O) groups excluding carboxylic acids is 2. The number of rotatable bonds is 2. The Morgan fingerprint density at radius 2 is 2.04 bits per heavy atom. The lowest BCUT2D eigenvalue weighted by Crippen LogP contribution is -2.46. The molecule has 2 unspecified atom stereocenters. The molecule has 136 valence electrons. The predicted molar refractivity (Wildman–Crippen MR) is 96.9 cm³/mol. The third-order valence-electron chi connectivity index (χ3n) is 7.81. The summed E-state index contributed by atoms with van der Waals surface area (Å²) in [5, 5.41) is 0. The van der Waals surface area contributed by atoms with Gasteiger partial charge < -0.3 is 4.74 Å². The van der Waals surface area contributed by atoms with Crippen LogP contribution in [0.15, 0.2) is 23.3 Å². The van der Waals surface area contributed by atoms with Gasteiger partial charge in [0.25, 0.3) is 0 Å². The van der Waals surface area contributed by atoms with Gasteiger partial charge in [0.2, 0.25) is 0 Å². The highest BCUT2D eigenvalue weighted by atomic mass is 16.5. The van der Waals surface area contributed by atoms with Crippen molar-refractivity contribution >= 4 is 11.8 Å². The lowest BCUT2D eigenvalue weighted by atomic mass is 9.52. The Kier molecular flexibility index (Phi) is 3.97. The number of hydrogen-bond donors (Lipinski definition) is 0. The summed E-state index contributed by atoms with van der Waals surface area (Å²) >= 11 is 0. The number of ketones is 1. The highest BCUT2D eigenvalue weighted by Gasteiger charge is 2.57. The van der Waals surface area contributed by atoms with Crippen LogP contribution < -0.4 is 0 Å². The Balaban J connectivity index is 1.66. The molecule has 25 heavy (non-hydrogen) atoms. The van der Waals surface area contributed by atoms with Gasteiger partial charge in [0.05, 0.1) is 0 Å². The monoisotopic (exact) mass is 342 g/mol. The normalized spacial score (nSPS) is 42.7. The zero-order valence-electron chi connectivity index (χ0n) is 15.8. The molecule has 0 aromatic carbocycles. The summed E-state index contributed by atoms with van der Waals surface area (Å²) in [5.74, 6) is 1.45. The molecule has 4 aliphatic rings. The van der Waals surface area contributed by atoms with Gasteiger partial charge in [-0.05, 0) is 56.4 Å². The summed E-state index contributed by atoms with van der Waals surface area (Å²) in [7, 11) is 0. The first kappa shape index (κ1) is 17.1. The molecule has 0 aromatic rings. The van der Waals surface area contributed by atoms with Crippen molar-refractivity contribution in [3.63, 3.8) is 0 Å². The SMILES string of the molecule is CCC(=O)OC1CCC2[C@@H]3CCC4=CC(=O)CC[C@]4(C)C3=CC[C@]12C. The van der Waals surface area contributed by atoms with Gasteiger partial charge >= 0.3 is 5.97 Å². The summed E-state index contributed by atoms with van der Waals surface area (Å²) in [6, 6.07) is 0. The van der Waals surface area contributed by atoms with Gasteiger partial charge in [0.1, 0.15) is 6.10 Å². The highest BCUT2D eigenvalue weighted by molar-refractivity contribution is 5.92. The molecular formula is C22H30O3. The molecule has 0 radical (unpaired) electrons. The van der Waals surface area contributed by atoms with Crippen LogP contribution >= 0.6 is 0 Å². The minimum absolute atomic E-state index is 0.0618. The standard InChI is InChI=1S/C22H30O3/c1-4-20(24)25-19-8-7-17-16-6-5-14-13-15(23)9-11-21(14,2)18(16)10-12-22(17,19)3/h10,13,16-17,19H,4-9,11-12H2,1-3H3/t16-,17?,19?,21-,22-/m0/s1. The second-order valence-corrected chi connectivity index (χ2v) is 9.00. The van der Waals surface area contributed by atoms with Crippen molar-refractivity contribution in [3.05, 3.63) is 23.3 Å². The van der Waals surface area contributed by atoms with Crippen molar-refractivity contribution in [2.24, 2.45) is 22.7 Å². The van der Waals surface area contributed by atoms with Crippen LogP contribution in [-0.2, 0) is 14.3 Å². The minimum atomic E-state index is -0.0618. The fourth-order valence-corrected chi connectivity index (χ4v) is 6.25. The molecule has 4 aliphatic carbocycles. The van der Waals surface area contributed by atoms with Gasteiger partial charge in [-0.2, -0.15) is 0 Å². The van der Waals surface area contributed by atoms with Crippen LogP contribution in [0, 0.1) is 22.7 Å². The smallest absolute Gasteiger partial charge is 0.305 e. The van der Waals surface area contributed by atoms with E-state index in [9.17, 15) is 9.59 Å². The summed E-state index contributed by atoms with van der Waals surface area (Å²) < 4.78 is 5.83. The fourth-order valence-electron chi connectivity index (χ4n) is 6.25. The summed E-state index contributed by atoms with van der Waals surface area (Å²) in [5.41, 5.74) is 3.13. The van der Waals surface area contributed by atoms with Crippen LogP contribution in [0.3, 0.4) is 0 Å². The van der Waals surface area contributed by atoms with E-state index >= 15 is 0 Å². The Morgan fingerprint density at radius 1 is 1.24 bits per heavy atom. The molecule has 4 rings (SSSR count). The number of esters is 1. The van der Waals surface area contributed by atoms with Gasteiger partial charge in [-0.15, -0.1) is 0 Å². The van der Waals surface area contributed by atoms with E-state index in [4.69, 9.17) is 4.74 Å². The number of hydrogen-bond acceptors (Lipinski definition) is 3. The molecule has 0 saturated heterocycles. The van der Waals surface area contributed by atoms with Gasteiger partial charge in [-0.25, -0.2) is 0 Å². The summed E-state index contributed by atoms with van der Waals surface area (Å²) in [6.07, 6.45) is 11.9. The number of carbonyl (C=O) groups is 2. The second-order valence-electron chi connectivity index (χ2n) is 9.00. The van der Waals surface area contributed by atoms with Crippen molar-refractivity contribution in [1.82, 2.24) is 0 Å². The molecule has 3 heteroatoms. The number of ether oxygens (including phenoxy) is 1. The van der Waals surface area contributed by atoms with Gasteiger partial charge in [-0.3, -0.25) is 9.59 Å². The molecule has 2 saturated carbocycles. The van der Waals surface area contributed by atoms with Crippen molar-refractivity contribution in [2.45, 2.75) is 78.2 Å². The van der Waals surface area contributed by atoms with Crippen LogP contribution in [0.2, 0.25) is 0 Å². The highest BCUT2D eigenvalue weighted by Crippen LogP contribution is 2.63. The molecule has 0 amide bonds. The molecular weight excluding hydrogens is 312 g/mol. The maximum Gasteiger partial charge on any atom is 0.305 e. The van der Waals surface area contributed by atoms with E-state index in [1.54, 1.807) is 5.57 Å². The topological polar surface area (TPSA) is 43.4 Å². The lowest BCUT2D eigenvalue weighted by molar-refractivity contribution is -0.155. The van der Waals surface area contributed by atoms with Gasteiger partial charge in [0.15, 0.2) is 5.78 Å². The van der Waals surface area contributed by atoms with Crippen LogP contribution in [0.4, 0.5) is 0 Å². The molecule has 0 spiro atoms. The lowest BCUT2D eigenvalue weighted by Gasteiger charge is -2.53. The fraction of sp³-hybridized carbons (Fsp3) is 0.727. The quantitative estimate of drug-likeness (QED) is 0.537. The van der Waals surface area contributed by atoms with Crippen molar-refractivity contribution in [3.8, 4) is 0 Å². The summed E-state index contributed by atoms with van der Waals surface area (Å²) in [6.45, 7) is 6.56. The van der Waals surface area contributed by atoms with Gasteiger partial charge in [-0.1, -0.05) is 38.0 Å². The van der Waals surface area contributed by atoms with E-state index in [-0.39, 0.29) is 22.9 Å². The van der Waals surface area contributed by atoms with Gasteiger partial charge in [0, 0.05) is 23.7 Å². The van der Waals surface area contributed by atoms with E-state index in [1.807, 2.05) is 13.0 Å². The summed E-state index contributed by atoms with van der Waals surface area (Å²) in [4.78, 5) is 23.7. The average molecular weight is 342 g/mol. The largest absolute Gasteiger partial charge is 0.462 e. The van der Waals surface area contributed by atoms with Crippen LogP contribution in [-0.4, -0.2) is 17.9 Å². The zero-order chi connectivity index (χ0) is 17.8. The van der Waals surface area contributed by atoms with E-state index in [0.717, 1.165) is 38.5 Å². The van der Waals surface area contributed by atoms with Crippen LogP contribution in [0.1, 0.15) is 72.1 Å². The number of allylic oxidation sites excluding steroid dienone is 4. The Morgan fingerprint density at radius 3 is 2.80 bits per heavy atom. The Bertz CT molecular complexity index is 673. The molecule has 3 nitrogen and oxygen atoms in total. The first-order valence-corrected chi connectivity index (χ1v) is 10.0. The zero-order valence-corrected chi connectivity index (χ0v) is 15.8. The van der Waals surface area contributed by atoms with E-state index in [1.165, 1.54) is 5.57 Å². The minimum Gasteiger partial charge on any atom is -0.462 e. The van der Waals surface area contributed by atoms with Crippen molar-refractivity contribution < 1.29 is 14.3 Å². The molecule has 0 aliphatic heterocycles. The average Bonchev–Trinajstić information content (AvgIpc) is 2.92. The van der Waals surface area contributed by atoms with E-state index in [0.29, 0.717) is 30.5 Å². The molecule has 0 heterocycles.